The largest absolute Gasteiger partial charge is 0.388 e. The Labute approximate surface area is 94.5 Å². The third kappa shape index (κ3) is 7.15. The van der Waals surface area contributed by atoms with Crippen LogP contribution in [0, 0.1) is 5.92 Å². The Kier molecular flexibility index (Phi) is 9.19. The van der Waals surface area contributed by atoms with Gasteiger partial charge in [-0.05, 0) is 17.9 Å². The zero-order valence-electron chi connectivity index (χ0n) is 10.5. The average molecular weight is 208 g/mol. The van der Waals surface area contributed by atoms with E-state index in [1.165, 1.54) is 24.8 Å². The second-order valence-corrected chi connectivity index (χ2v) is 3.78. The first kappa shape index (κ1) is 14.2. The van der Waals surface area contributed by atoms with Gasteiger partial charge in [0.15, 0.2) is 0 Å². The van der Waals surface area contributed by atoms with E-state index in [2.05, 4.69) is 48.9 Å². The fraction of sp³-hybridized carbons (Fsp3) is 0.571. The van der Waals surface area contributed by atoms with Crippen LogP contribution in [0.5, 0.6) is 0 Å². The maximum absolute atomic E-state index is 4.25. The smallest absolute Gasteiger partial charge is 0.0351 e. The summed E-state index contributed by atoms with van der Waals surface area (Å²) < 4.78 is 4.25. The number of hydrogen-bond acceptors (Lipinski definition) is 1. The summed E-state index contributed by atoms with van der Waals surface area (Å²) in [6, 6.07) is 10.8. The molecule has 0 heterocycles. The quantitative estimate of drug-likeness (QED) is 0.728. The van der Waals surface area contributed by atoms with Gasteiger partial charge in [-0.25, -0.2) is 0 Å². The summed E-state index contributed by atoms with van der Waals surface area (Å²) in [6.07, 6.45) is 3.84. The van der Waals surface area contributed by atoms with Crippen LogP contribution in [0.25, 0.3) is 0 Å². The minimum atomic E-state index is 0.868. The summed E-state index contributed by atoms with van der Waals surface area (Å²) in [7, 11) is 3.25. The second-order valence-electron chi connectivity index (χ2n) is 3.78. The highest BCUT2D eigenvalue weighted by Crippen LogP contribution is 2.14. The number of ether oxygens (including phenoxy) is 1. The van der Waals surface area contributed by atoms with Crippen molar-refractivity contribution < 1.29 is 4.74 Å². The topological polar surface area (TPSA) is 9.23 Å². The molecule has 0 N–H and O–H groups in total. The van der Waals surface area contributed by atoms with Crippen LogP contribution in [0.4, 0.5) is 0 Å². The molecule has 1 heteroatoms. The maximum atomic E-state index is 4.25. The molecular formula is C14H24O. The lowest BCUT2D eigenvalue weighted by Gasteiger charge is -2.11. The van der Waals surface area contributed by atoms with E-state index in [0.29, 0.717) is 0 Å². The number of hydrogen-bond donors (Lipinski definition) is 0. The van der Waals surface area contributed by atoms with Crippen molar-refractivity contribution in [1.82, 2.24) is 0 Å². The van der Waals surface area contributed by atoms with E-state index in [-0.39, 0.29) is 0 Å². The summed E-state index contributed by atoms with van der Waals surface area (Å²) in [5.41, 5.74) is 1.48. The monoisotopic (exact) mass is 208 g/mol. The first-order valence-corrected chi connectivity index (χ1v) is 5.72. The third-order valence-corrected chi connectivity index (χ3v) is 2.52. The molecule has 1 aromatic carbocycles. The Morgan fingerprint density at radius 1 is 1.00 bits per heavy atom. The molecule has 0 saturated heterocycles. The highest BCUT2D eigenvalue weighted by Gasteiger charge is 2.03. The molecule has 1 nitrogen and oxygen atoms in total. The Morgan fingerprint density at radius 2 is 1.47 bits per heavy atom. The van der Waals surface area contributed by atoms with E-state index >= 15 is 0 Å². The van der Waals surface area contributed by atoms with E-state index < -0.39 is 0 Å². The van der Waals surface area contributed by atoms with Crippen LogP contribution in [0.15, 0.2) is 30.3 Å². The van der Waals surface area contributed by atoms with Crippen molar-refractivity contribution in [3.8, 4) is 0 Å². The predicted octanol–water partition coefficient (Wildman–Crippen LogP) is 3.93. The standard InChI is InChI=1S/C12H18.C2H6O/c1-3-11(4-2)10-12-8-6-5-7-9-12;1-3-2/h5-9,11H,3-4,10H2,1-2H3;1-2H3. The van der Waals surface area contributed by atoms with Gasteiger partial charge in [0, 0.05) is 14.2 Å². The van der Waals surface area contributed by atoms with Gasteiger partial charge in [0.05, 0.1) is 0 Å². The zero-order chi connectivity index (χ0) is 11.5. The molecule has 1 aromatic rings. The predicted molar refractivity (Wildman–Crippen MR) is 67.2 cm³/mol. The van der Waals surface area contributed by atoms with E-state index in [1.54, 1.807) is 14.2 Å². The lowest BCUT2D eigenvalue weighted by molar-refractivity contribution is 0.277. The van der Waals surface area contributed by atoms with Gasteiger partial charge in [-0.2, -0.15) is 0 Å². The summed E-state index contributed by atoms with van der Waals surface area (Å²) >= 11 is 0. The molecule has 0 atom stereocenters. The molecule has 0 bridgehead atoms. The van der Waals surface area contributed by atoms with Crippen molar-refractivity contribution >= 4 is 0 Å². The molecule has 0 aliphatic rings. The fourth-order valence-corrected chi connectivity index (χ4v) is 1.52. The van der Waals surface area contributed by atoms with Crippen molar-refractivity contribution in [3.05, 3.63) is 35.9 Å². The Hall–Kier alpha value is -0.820. The molecule has 0 fully saturated rings. The van der Waals surface area contributed by atoms with Crippen molar-refractivity contribution in [3.63, 3.8) is 0 Å². The van der Waals surface area contributed by atoms with Crippen molar-refractivity contribution in [2.24, 2.45) is 5.92 Å². The van der Waals surface area contributed by atoms with Gasteiger partial charge in [0.1, 0.15) is 0 Å². The first-order valence-electron chi connectivity index (χ1n) is 5.72. The molecular weight excluding hydrogens is 184 g/mol. The molecule has 0 aliphatic heterocycles. The van der Waals surface area contributed by atoms with Crippen LogP contribution >= 0.6 is 0 Å². The van der Waals surface area contributed by atoms with Gasteiger partial charge in [-0.1, -0.05) is 57.0 Å². The molecule has 0 aliphatic carbocycles. The molecule has 0 amide bonds. The van der Waals surface area contributed by atoms with Gasteiger partial charge < -0.3 is 4.74 Å². The van der Waals surface area contributed by atoms with Gasteiger partial charge >= 0.3 is 0 Å². The molecule has 86 valence electrons. The SMILES string of the molecule is CCC(CC)Cc1ccccc1.COC. The number of methoxy groups -OCH3 is 1. The molecule has 0 spiro atoms. The summed E-state index contributed by atoms with van der Waals surface area (Å²) in [5, 5.41) is 0. The maximum Gasteiger partial charge on any atom is 0.0351 e. The minimum absolute atomic E-state index is 0.868. The second kappa shape index (κ2) is 9.72. The van der Waals surface area contributed by atoms with Gasteiger partial charge in [-0.3, -0.25) is 0 Å². The van der Waals surface area contributed by atoms with Crippen LogP contribution in [0.3, 0.4) is 0 Å². The zero-order valence-corrected chi connectivity index (χ0v) is 10.5. The summed E-state index contributed by atoms with van der Waals surface area (Å²) in [6.45, 7) is 4.55. The van der Waals surface area contributed by atoms with Crippen molar-refractivity contribution in [1.29, 1.82) is 0 Å². The highest BCUT2D eigenvalue weighted by molar-refractivity contribution is 5.15. The van der Waals surface area contributed by atoms with Gasteiger partial charge in [0.2, 0.25) is 0 Å². The fourth-order valence-electron chi connectivity index (χ4n) is 1.52. The van der Waals surface area contributed by atoms with Crippen LogP contribution in [-0.4, -0.2) is 14.2 Å². The molecule has 1 rings (SSSR count). The summed E-state index contributed by atoms with van der Waals surface area (Å²) in [5.74, 6) is 0.868. The molecule has 0 radical (unpaired) electrons. The number of rotatable bonds is 4. The van der Waals surface area contributed by atoms with Crippen LogP contribution in [0.2, 0.25) is 0 Å². The van der Waals surface area contributed by atoms with E-state index in [1.807, 2.05) is 0 Å². The molecule has 0 saturated carbocycles. The van der Waals surface area contributed by atoms with E-state index in [0.717, 1.165) is 5.92 Å². The molecule has 15 heavy (non-hydrogen) atoms. The van der Waals surface area contributed by atoms with Crippen molar-refractivity contribution in [2.75, 3.05) is 14.2 Å². The van der Waals surface area contributed by atoms with Gasteiger partial charge in [0.25, 0.3) is 0 Å². The van der Waals surface area contributed by atoms with Crippen LogP contribution in [-0.2, 0) is 11.2 Å². The lowest BCUT2D eigenvalue weighted by Crippen LogP contribution is -2.00. The Morgan fingerprint density at radius 3 is 1.87 bits per heavy atom. The highest BCUT2D eigenvalue weighted by atomic mass is 16.4. The van der Waals surface area contributed by atoms with E-state index in [9.17, 15) is 0 Å². The summed E-state index contributed by atoms with van der Waals surface area (Å²) in [4.78, 5) is 0. The van der Waals surface area contributed by atoms with Crippen molar-refractivity contribution in [2.45, 2.75) is 33.1 Å². The third-order valence-electron chi connectivity index (χ3n) is 2.52. The lowest BCUT2D eigenvalue weighted by atomic mass is 9.95. The van der Waals surface area contributed by atoms with Crippen LogP contribution < -0.4 is 0 Å². The van der Waals surface area contributed by atoms with Gasteiger partial charge in [-0.15, -0.1) is 0 Å². The molecule has 0 aromatic heterocycles. The minimum Gasteiger partial charge on any atom is -0.388 e. The number of benzene rings is 1. The molecule has 0 unspecified atom stereocenters. The average Bonchev–Trinajstić information content (AvgIpc) is 2.28. The van der Waals surface area contributed by atoms with E-state index in [4.69, 9.17) is 0 Å². The normalized spacial score (nSPS) is 9.67. The first-order chi connectivity index (χ1) is 7.28. The Balaban J connectivity index is 0.000000583. The Bertz CT molecular complexity index is 214. The van der Waals surface area contributed by atoms with Crippen LogP contribution in [0.1, 0.15) is 32.3 Å².